The number of hydrogen-bond acceptors (Lipinski definition) is 5. The predicted octanol–water partition coefficient (Wildman–Crippen LogP) is 1.24. The molecule has 0 aromatic carbocycles. The molecule has 0 aliphatic heterocycles. The van der Waals surface area contributed by atoms with Crippen molar-refractivity contribution in [3.05, 3.63) is 46.0 Å². The number of aromatic amines is 1. The SMILES string of the molecule is Cc1ccc(CNc2cc3n[nH]c(=O)n3c(C)n2)o1. The van der Waals surface area contributed by atoms with Crippen molar-refractivity contribution >= 4 is 11.5 Å². The molecule has 2 N–H and O–H groups in total. The van der Waals surface area contributed by atoms with E-state index in [2.05, 4.69) is 20.5 Å². The van der Waals surface area contributed by atoms with Crippen LogP contribution in [0.1, 0.15) is 17.3 Å². The highest BCUT2D eigenvalue weighted by Crippen LogP contribution is 2.11. The number of hydrogen-bond donors (Lipinski definition) is 2. The van der Waals surface area contributed by atoms with E-state index in [9.17, 15) is 4.79 Å². The Balaban J connectivity index is 1.87. The van der Waals surface area contributed by atoms with Crippen LogP contribution in [0.4, 0.5) is 5.82 Å². The Bertz CT molecular complexity index is 783. The summed E-state index contributed by atoms with van der Waals surface area (Å²) in [6.45, 7) is 4.19. The van der Waals surface area contributed by atoms with Crippen LogP contribution in [-0.4, -0.2) is 19.6 Å². The maximum atomic E-state index is 11.5. The van der Waals surface area contributed by atoms with E-state index in [-0.39, 0.29) is 5.69 Å². The summed E-state index contributed by atoms with van der Waals surface area (Å²) in [7, 11) is 0. The molecule has 0 aliphatic carbocycles. The molecule has 0 spiro atoms. The summed E-state index contributed by atoms with van der Waals surface area (Å²) in [5, 5.41) is 9.46. The van der Waals surface area contributed by atoms with Crippen molar-refractivity contribution in [1.29, 1.82) is 0 Å². The van der Waals surface area contributed by atoms with Gasteiger partial charge < -0.3 is 9.73 Å². The number of fused-ring (bicyclic) bond motifs is 1. The topological polar surface area (TPSA) is 88.2 Å². The molecule has 0 aliphatic rings. The second kappa shape index (κ2) is 4.27. The van der Waals surface area contributed by atoms with E-state index in [4.69, 9.17) is 4.42 Å². The lowest BCUT2D eigenvalue weighted by atomic mass is 10.4. The maximum Gasteiger partial charge on any atom is 0.349 e. The quantitative estimate of drug-likeness (QED) is 0.738. The molecule has 0 unspecified atom stereocenters. The number of nitrogens with one attached hydrogen (secondary N) is 2. The van der Waals surface area contributed by atoms with Crippen LogP contribution in [0.5, 0.6) is 0 Å². The zero-order valence-corrected chi connectivity index (χ0v) is 10.6. The average Bonchev–Trinajstić information content (AvgIpc) is 2.94. The smallest absolute Gasteiger partial charge is 0.349 e. The van der Waals surface area contributed by atoms with Crippen LogP contribution in [0.25, 0.3) is 5.65 Å². The Kier molecular flexibility index (Phi) is 2.59. The van der Waals surface area contributed by atoms with Crippen LogP contribution in [0.15, 0.2) is 27.4 Å². The summed E-state index contributed by atoms with van der Waals surface area (Å²) in [6, 6.07) is 5.53. The molecule has 0 amide bonds. The molecule has 3 heterocycles. The van der Waals surface area contributed by atoms with Gasteiger partial charge in [-0.05, 0) is 26.0 Å². The third kappa shape index (κ3) is 2.10. The average molecular weight is 259 g/mol. The number of aromatic nitrogens is 4. The minimum atomic E-state index is -0.284. The second-order valence-corrected chi connectivity index (χ2v) is 4.28. The van der Waals surface area contributed by atoms with Crippen molar-refractivity contribution in [3.63, 3.8) is 0 Å². The third-order valence-electron chi connectivity index (χ3n) is 2.81. The lowest BCUT2D eigenvalue weighted by molar-refractivity contribution is 0.490. The molecule has 0 fully saturated rings. The summed E-state index contributed by atoms with van der Waals surface area (Å²) in [5.74, 6) is 2.93. The highest BCUT2D eigenvalue weighted by atomic mass is 16.3. The van der Waals surface area contributed by atoms with Gasteiger partial charge in [0.25, 0.3) is 0 Å². The van der Waals surface area contributed by atoms with Gasteiger partial charge in [-0.1, -0.05) is 0 Å². The minimum Gasteiger partial charge on any atom is -0.465 e. The molecule has 0 radical (unpaired) electrons. The molecular weight excluding hydrogens is 246 g/mol. The first-order valence-electron chi connectivity index (χ1n) is 5.87. The molecule has 0 saturated carbocycles. The Morgan fingerprint density at radius 2 is 2.26 bits per heavy atom. The Hall–Kier alpha value is -2.57. The van der Waals surface area contributed by atoms with Crippen molar-refractivity contribution in [1.82, 2.24) is 19.6 Å². The number of H-pyrrole nitrogens is 1. The van der Waals surface area contributed by atoms with Gasteiger partial charge in [0.15, 0.2) is 5.65 Å². The number of aryl methyl sites for hydroxylation is 2. The predicted molar refractivity (Wildman–Crippen MR) is 69.1 cm³/mol. The van der Waals surface area contributed by atoms with Crippen LogP contribution >= 0.6 is 0 Å². The summed E-state index contributed by atoms with van der Waals surface area (Å²) in [4.78, 5) is 15.8. The fourth-order valence-electron chi connectivity index (χ4n) is 1.95. The number of furan rings is 1. The molecular formula is C12H13N5O2. The van der Waals surface area contributed by atoms with Crippen LogP contribution in [0, 0.1) is 13.8 Å². The van der Waals surface area contributed by atoms with Gasteiger partial charge >= 0.3 is 5.69 Å². The minimum absolute atomic E-state index is 0.284. The van der Waals surface area contributed by atoms with Crippen LogP contribution in [0.3, 0.4) is 0 Å². The van der Waals surface area contributed by atoms with Crippen molar-refractivity contribution in [2.45, 2.75) is 20.4 Å². The van der Waals surface area contributed by atoms with Gasteiger partial charge in [-0.2, -0.15) is 5.10 Å². The van der Waals surface area contributed by atoms with E-state index in [1.165, 1.54) is 4.40 Å². The van der Waals surface area contributed by atoms with Gasteiger partial charge in [0.05, 0.1) is 6.54 Å². The fourth-order valence-corrected chi connectivity index (χ4v) is 1.95. The Labute approximate surface area is 108 Å². The van der Waals surface area contributed by atoms with Gasteiger partial charge in [0.2, 0.25) is 0 Å². The van der Waals surface area contributed by atoms with Gasteiger partial charge in [-0.15, -0.1) is 0 Å². The van der Waals surface area contributed by atoms with Crippen molar-refractivity contribution < 1.29 is 4.42 Å². The van der Waals surface area contributed by atoms with Crippen molar-refractivity contribution in [2.24, 2.45) is 0 Å². The Morgan fingerprint density at radius 1 is 1.42 bits per heavy atom. The van der Waals surface area contributed by atoms with E-state index < -0.39 is 0 Å². The summed E-state index contributed by atoms with van der Waals surface area (Å²) in [6.07, 6.45) is 0. The van der Waals surface area contributed by atoms with Crippen LogP contribution in [-0.2, 0) is 6.54 Å². The van der Waals surface area contributed by atoms with E-state index in [1.54, 1.807) is 13.0 Å². The molecule has 3 aromatic rings. The molecule has 3 aromatic heterocycles. The summed E-state index contributed by atoms with van der Waals surface area (Å²) >= 11 is 0. The van der Waals surface area contributed by atoms with Crippen LogP contribution in [0.2, 0.25) is 0 Å². The molecule has 19 heavy (non-hydrogen) atoms. The second-order valence-electron chi connectivity index (χ2n) is 4.28. The summed E-state index contributed by atoms with van der Waals surface area (Å²) < 4.78 is 6.88. The normalized spacial score (nSPS) is 11.1. The molecule has 0 saturated heterocycles. The first kappa shape index (κ1) is 11.5. The third-order valence-corrected chi connectivity index (χ3v) is 2.81. The number of anilines is 1. The highest BCUT2D eigenvalue weighted by Gasteiger charge is 2.07. The lowest BCUT2D eigenvalue weighted by Gasteiger charge is -2.05. The van der Waals surface area contributed by atoms with Gasteiger partial charge in [0, 0.05) is 6.07 Å². The molecule has 98 valence electrons. The highest BCUT2D eigenvalue weighted by molar-refractivity contribution is 5.49. The first-order chi connectivity index (χ1) is 9.13. The molecule has 0 atom stereocenters. The summed E-state index contributed by atoms with van der Waals surface area (Å²) in [5.41, 5.74) is 0.254. The fraction of sp³-hybridized carbons (Fsp3) is 0.250. The maximum absolute atomic E-state index is 11.5. The standard InChI is InChI=1S/C12H13N5O2/c1-7-3-4-9(19-7)6-13-10-5-11-15-16-12(18)17(11)8(2)14-10/h3-5,13H,6H2,1-2H3,(H,16,18). The van der Waals surface area contributed by atoms with Gasteiger partial charge in [-0.25, -0.2) is 19.3 Å². The molecule has 3 rings (SSSR count). The van der Waals surface area contributed by atoms with Gasteiger partial charge in [-0.3, -0.25) is 0 Å². The van der Waals surface area contributed by atoms with Crippen molar-refractivity contribution in [3.8, 4) is 0 Å². The Morgan fingerprint density at radius 3 is 3.00 bits per heavy atom. The number of nitrogens with zero attached hydrogens (tertiary/aromatic N) is 3. The van der Waals surface area contributed by atoms with E-state index in [0.717, 1.165) is 11.5 Å². The number of rotatable bonds is 3. The first-order valence-corrected chi connectivity index (χ1v) is 5.87. The zero-order valence-electron chi connectivity index (χ0n) is 10.6. The van der Waals surface area contributed by atoms with E-state index >= 15 is 0 Å². The van der Waals surface area contributed by atoms with E-state index in [1.807, 2.05) is 19.1 Å². The van der Waals surface area contributed by atoms with Gasteiger partial charge in [0.1, 0.15) is 23.2 Å². The van der Waals surface area contributed by atoms with E-state index in [0.29, 0.717) is 23.8 Å². The molecule has 0 bridgehead atoms. The van der Waals surface area contributed by atoms with Crippen LogP contribution < -0.4 is 11.0 Å². The zero-order chi connectivity index (χ0) is 13.4. The largest absolute Gasteiger partial charge is 0.465 e. The van der Waals surface area contributed by atoms with Crippen molar-refractivity contribution in [2.75, 3.05) is 5.32 Å². The monoisotopic (exact) mass is 259 g/mol. The lowest BCUT2D eigenvalue weighted by Crippen LogP contribution is -2.14. The molecule has 7 heteroatoms. The molecule has 7 nitrogen and oxygen atoms in total.